The first-order chi connectivity index (χ1) is 17.0. The van der Waals surface area contributed by atoms with Crippen LogP contribution in [0, 0.1) is 11.7 Å². The van der Waals surface area contributed by atoms with E-state index in [0.29, 0.717) is 36.9 Å². The van der Waals surface area contributed by atoms with Gasteiger partial charge in [0.1, 0.15) is 29.4 Å². The molecule has 2 bridgehead atoms. The molecule has 0 spiro atoms. The number of carbonyl (C=O) groups is 1. The van der Waals surface area contributed by atoms with Crippen molar-refractivity contribution < 1.29 is 23.2 Å². The Balaban J connectivity index is 1.54. The Morgan fingerprint density at radius 3 is 2.67 bits per heavy atom. The first-order valence-electron chi connectivity index (χ1n) is 12.0. The fourth-order valence-corrected chi connectivity index (χ4v) is 4.22. The zero-order chi connectivity index (χ0) is 25.7. The van der Waals surface area contributed by atoms with Gasteiger partial charge in [-0.15, -0.1) is 10.2 Å². The van der Waals surface area contributed by atoms with Crippen LogP contribution in [-0.4, -0.2) is 50.6 Å². The highest BCUT2D eigenvalue weighted by molar-refractivity contribution is 6.62. The number of halogens is 1. The molecule has 5 rings (SSSR count). The summed E-state index contributed by atoms with van der Waals surface area (Å²) in [4.78, 5) is 18.0. The molecule has 9 nitrogen and oxygen atoms in total. The second-order valence-corrected chi connectivity index (χ2v) is 10.4. The third kappa shape index (κ3) is 4.48. The molecular weight excluding hydrogens is 464 g/mol. The highest BCUT2D eigenvalue weighted by Gasteiger charge is 2.52. The van der Waals surface area contributed by atoms with Gasteiger partial charge in [-0.05, 0) is 58.2 Å². The number of hydrogen-bond donors (Lipinski definition) is 1. The molecule has 188 valence electrons. The molecule has 0 aliphatic carbocycles. The highest BCUT2D eigenvalue weighted by Crippen LogP contribution is 2.37. The van der Waals surface area contributed by atoms with Gasteiger partial charge in [0.05, 0.1) is 23.4 Å². The summed E-state index contributed by atoms with van der Waals surface area (Å²) in [5, 5.41) is 11.1. The number of hydrogen-bond acceptors (Lipinski definition) is 7. The van der Waals surface area contributed by atoms with Gasteiger partial charge in [0, 0.05) is 18.1 Å². The average molecular weight is 493 g/mol. The lowest BCUT2D eigenvalue weighted by Gasteiger charge is -2.32. The van der Waals surface area contributed by atoms with E-state index in [4.69, 9.17) is 14.0 Å². The largest absolute Gasteiger partial charge is 0.497 e. The van der Waals surface area contributed by atoms with E-state index in [1.807, 2.05) is 38.3 Å². The number of nitrogens with zero attached hydrogens (tertiary/aromatic N) is 4. The zero-order valence-corrected chi connectivity index (χ0v) is 21.0. The summed E-state index contributed by atoms with van der Waals surface area (Å²) in [5.41, 5.74) is -0.424. The van der Waals surface area contributed by atoms with Crippen molar-refractivity contribution in [3.63, 3.8) is 0 Å². The third-order valence-corrected chi connectivity index (χ3v) is 7.06. The minimum Gasteiger partial charge on any atom is -0.493 e. The zero-order valence-electron chi connectivity index (χ0n) is 21.0. The van der Waals surface area contributed by atoms with Crippen LogP contribution >= 0.6 is 0 Å². The molecule has 4 heterocycles. The maximum atomic E-state index is 15.3. The number of ether oxygens (including phenoxy) is 1. The van der Waals surface area contributed by atoms with Gasteiger partial charge >= 0.3 is 7.12 Å². The van der Waals surface area contributed by atoms with Gasteiger partial charge in [0.2, 0.25) is 0 Å². The van der Waals surface area contributed by atoms with Gasteiger partial charge < -0.3 is 23.9 Å². The molecular formula is C25H29BFN5O4. The van der Waals surface area contributed by atoms with Gasteiger partial charge in [-0.25, -0.2) is 9.37 Å². The number of benzene rings is 1. The first kappa shape index (κ1) is 24.4. The number of amides is 1. The Morgan fingerprint density at radius 2 is 1.92 bits per heavy atom. The molecule has 1 N–H and O–H groups in total. The van der Waals surface area contributed by atoms with Crippen LogP contribution in [0.4, 0.5) is 10.2 Å². The Hall–Kier alpha value is -3.31. The monoisotopic (exact) mass is 493 g/mol. The topological polar surface area (TPSA) is 100 Å². The number of anilines is 1. The summed E-state index contributed by atoms with van der Waals surface area (Å²) in [5.74, 6) is 0.237. The summed E-state index contributed by atoms with van der Waals surface area (Å²) in [6.07, 6.45) is 2.33. The molecule has 0 saturated carbocycles. The molecule has 1 amide bonds. The highest BCUT2D eigenvalue weighted by atomic mass is 19.1. The van der Waals surface area contributed by atoms with Crippen molar-refractivity contribution >= 4 is 24.3 Å². The minimum absolute atomic E-state index is 0.135. The van der Waals surface area contributed by atoms with E-state index >= 15 is 4.39 Å². The maximum absolute atomic E-state index is 15.3. The molecule has 36 heavy (non-hydrogen) atoms. The van der Waals surface area contributed by atoms with E-state index in [0.717, 1.165) is 0 Å². The van der Waals surface area contributed by atoms with Crippen LogP contribution < -0.4 is 15.5 Å². The lowest BCUT2D eigenvalue weighted by Crippen LogP contribution is -2.41. The van der Waals surface area contributed by atoms with Crippen molar-refractivity contribution in [2.75, 3.05) is 11.9 Å². The van der Waals surface area contributed by atoms with Crippen molar-refractivity contribution in [2.24, 2.45) is 5.92 Å². The predicted octanol–water partition coefficient (Wildman–Crippen LogP) is 3.45. The van der Waals surface area contributed by atoms with Crippen LogP contribution in [0.5, 0.6) is 5.75 Å². The Bertz CT molecular complexity index is 1300. The molecule has 2 aliphatic rings. The molecule has 1 atom stereocenters. The molecule has 3 aromatic rings. The molecule has 11 heteroatoms. The van der Waals surface area contributed by atoms with Crippen LogP contribution in [0.15, 0.2) is 36.7 Å². The van der Waals surface area contributed by atoms with E-state index < -0.39 is 30.0 Å². The average Bonchev–Trinajstić information content (AvgIpc) is 3.34. The first-order valence-corrected chi connectivity index (χ1v) is 12.0. The summed E-state index contributed by atoms with van der Waals surface area (Å²) in [7, 11) is -0.964. The Kier molecular flexibility index (Phi) is 6.08. The van der Waals surface area contributed by atoms with Crippen molar-refractivity contribution in [1.82, 2.24) is 19.7 Å². The fraction of sp³-hybridized carbons (Fsp3) is 0.440. The van der Waals surface area contributed by atoms with Crippen molar-refractivity contribution in [1.29, 1.82) is 0 Å². The van der Waals surface area contributed by atoms with E-state index in [2.05, 4.69) is 27.4 Å². The molecule has 2 aliphatic heterocycles. The van der Waals surface area contributed by atoms with Crippen LogP contribution in [0.1, 0.15) is 51.4 Å². The smallest absolute Gasteiger partial charge is 0.493 e. The fourth-order valence-electron chi connectivity index (χ4n) is 4.22. The summed E-state index contributed by atoms with van der Waals surface area (Å²) < 4.78 is 35.3. The number of rotatable bonds is 1. The van der Waals surface area contributed by atoms with Crippen molar-refractivity contribution in [3.05, 3.63) is 48.0 Å². The van der Waals surface area contributed by atoms with Gasteiger partial charge in [-0.1, -0.05) is 13.0 Å². The van der Waals surface area contributed by atoms with E-state index in [1.165, 1.54) is 12.1 Å². The number of fused-ring (bicyclic) bond motifs is 5. The maximum Gasteiger partial charge on any atom is 0.497 e. The van der Waals surface area contributed by atoms with Crippen molar-refractivity contribution in [2.45, 2.75) is 58.8 Å². The van der Waals surface area contributed by atoms with Crippen LogP contribution in [0.25, 0.3) is 11.5 Å². The third-order valence-electron chi connectivity index (χ3n) is 7.06. The molecule has 2 aromatic heterocycles. The van der Waals surface area contributed by atoms with Gasteiger partial charge in [0.15, 0.2) is 5.82 Å². The molecule has 0 unspecified atom stereocenters. The van der Waals surface area contributed by atoms with E-state index in [1.54, 1.807) is 18.5 Å². The van der Waals surface area contributed by atoms with Gasteiger partial charge in [-0.3, -0.25) is 4.79 Å². The number of pyridine rings is 1. The summed E-state index contributed by atoms with van der Waals surface area (Å²) in [6, 6.07) is 7.95. The van der Waals surface area contributed by atoms with Crippen LogP contribution in [0.2, 0.25) is 0 Å². The Morgan fingerprint density at radius 1 is 1.17 bits per heavy atom. The standard InChI is InChI=1S/C25H29BFN5O4/c1-15-9-10-34-20-12-18(27)17(26-35-24(2,3)25(4,5)36-26)11-16(20)23(33)30-21-8-6-7-19(29-21)22-31-28-14-32(22)13-15/h6-8,11-12,14-15H,9-10,13H2,1-5H3,(H,29,30,33)/t15-/m0/s1. The SMILES string of the molecule is C[C@H]1CCOc2cc(F)c(B3OC(C)(C)C(C)(C)O3)cc2C(=O)Nc2cccc(n2)-c2nncn2C1. The molecule has 1 saturated heterocycles. The number of aromatic nitrogens is 4. The lowest BCUT2D eigenvalue weighted by molar-refractivity contribution is 0.00578. The molecule has 1 aromatic carbocycles. The predicted molar refractivity (Wildman–Crippen MR) is 133 cm³/mol. The summed E-state index contributed by atoms with van der Waals surface area (Å²) >= 11 is 0. The Labute approximate surface area is 209 Å². The second kappa shape index (κ2) is 8.97. The summed E-state index contributed by atoms with van der Waals surface area (Å²) in [6.45, 7) is 10.6. The van der Waals surface area contributed by atoms with Crippen LogP contribution in [0.3, 0.4) is 0 Å². The quantitative estimate of drug-likeness (QED) is 0.519. The normalized spacial score (nSPS) is 21.1. The minimum atomic E-state index is -0.964. The van der Waals surface area contributed by atoms with Crippen molar-refractivity contribution in [3.8, 4) is 17.3 Å². The number of carbonyl (C=O) groups excluding carboxylic acids is 1. The van der Waals surface area contributed by atoms with Gasteiger partial charge in [-0.2, -0.15) is 0 Å². The number of nitrogens with one attached hydrogen (secondary N) is 1. The second-order valence-electron chi connectivity index (χ2n) is 10.4. The van der Waals surface area contributed by atoms with E-state index in [-0.39, 0.29) is 22.7 Å². The molecule has 0 radical (unpaired) electrons. The lowest BCUT2D eigenvalue weighted by atomic mass is 9.77. The molecule has 1 fully saturated rings. The van der Waals surface area contributed by atoms with E-state index in [9.17, 15) is 4.79 Å². The van der Waals surface area contributed by atoms with Gasteiger partial charge in [0.25, 0.3) is 5.91 Å². The van der Waals surface area contributed by atoms with Crippen LogP contribution in [-0.2, 0) is 15.9 Å².